The fourth-order valence-corrected chi connectivity index (χ4v) is 2.50. The second kappa shape index (κ2) is 5.99. The number of tetrazole rings is 1. The fraction of sp³-hybridized carbons (Fsp3) is 0.429. The zero-order valence-corrected chi connectivity index (χ0v) is 12.4. The van der Waals surface area contributed by atoms with Gasteiger partial charge in [0.25, 0.3) is 5.92 Å². The van der Waals surface area contributed by atoms with Crippen molar-refractivity contribution in [3.8, 4) is 5.69 Å². The van der Waals surface area contributed by atoms with Crippen LogP contribution in [-0.2, 0) is 4.79 Å². The maximum absolute atomic E-state index is 13.2. The van der Waals surface area contributed by atoms with Crippen molar-refractivity contribution in [3.63, 3.8) is 0 Å². The van der Waals surface area contributed by atoms with E-state index in [1.54, 1.807) is 6.92 Å². The van der Waals surface area contributed by atoms with E-state index in [0.29, 0.717) is 5.82 Å². The Kier molecular flexibility index (Phi) is 4.03. The van der Waals surface area contributed by atoms with Gasteiger partial charge in [0.1, 0.15) is 0 Å². The Balaban J connectivity index is 1.71. The minimum absolute atomic E-state index is 0.425. The number of benzene rings is 1. The molecule has 1 aromatic heterocycles. The van der Waals surface area contributed by atoms with Crippen molar-refractivity contribution in [3.05, 3.63) is 36.2 Å². The monoisotopic (exact) mass is 322 g/mol. The maximum atomic E-state index is 13.2. The Bertz CT molecular complexity index is 690. The topological polar surface area (TPSA) is 84.7 Å². The van der Waals surface area contributed by atoms with E-state index in [0.717, 1.165) is 5.69 Å². The molecule has 0 aliphatic carbocycles. The van der Waals surface area contributed by atoms with E-state index in [1.807, 2.05) is 30.3 Å². The highest BCUT2D eigenvalue weighted by molar-refractivity contribution is 5.82. The van der Waals surface area contributed by atoms with E-state index in [9.17, 15) is 13.6 Å². The summed E-state index contributed by atoms with van der Waals surface area (Å²) in [6.07, 6.45) is -0.505. The summed E-state index contributed by atoms with van der Waals surface area (Å²) in [4.78, 5) is 12.1. The van der Waals surface area contributed by atoms with Crippen LogP contribution >= 0.6 is 0 Å². The number of carbonyl (C=O) groups excluding carboxylic acids is 1. The van der Waals surface area contributed by atoms with Gasteiger partial charge in [0.2, 0.25) is 5.91 Å². The first-order valence-electron chi connectivity index (χ1n) is 7.21. The van der Waals surface area contributed by atoms with Crippen LogP contribution in [0.25, 0.3) is 5.69 Å². The van der Waals surface area contributed by atoms with Crippen LogP contribution in [0.2, 0.25) is 0 Å². The Morgan fingerprint density at radius 3 is 2.83 bits per heavy atom. The highest BCUT2D eigenvalue weighted by atomic mass is 19.3. The number of para-hydroxylation sites is 1. The van der Waals surface area contributed by atoms with E-state index in [1.165, 1.54) is 4.68 Å². The molecule has 1 aromatic carbocycles. The molecule has 23 heavy (non-hydrogen) atoms. The first-order chi connectivity index (χ1) is 11.0. The summed E-state index contributed by atoms with van der Waals surface area (Å²) >= 11 is 0. The van der Waals surface area contributed by atoms with Crippen LogP contribution in [0.1, 0.15) is 25.2 Å². The summed E-state index contributed by atoms with van der Waals surface area (Å²) < 4.78 is 27.8. The molecule has 0 saturated carbocycles. The molecule has 7 nitrogen and oxygen atoms in total. The number of halogens is 2. The van der Waals surface area contributed by atoms with Gasteiger partial charge in [-0.25, -0.2) is 8.78 Å². The van der Waals surface area contributed by atoms with Crippen LogP contribution in [0, 0.1) is 0 Å². The number of rotatable bonds is 4. The smallest absolute Gasteiger partial charge is 0.262 e. The van der Waals surface area contributed by atoms with Crippen LogP contribution < -0.4 is 10.6 Å². The summed E-state index contributed by atoms with van der Waals surface area (Å²) in [6.45, 7) is 1.22. The molecule has 2 heterocycles. The molecule has 2 unspecified atom stereocenters. The van der Waals surface area contributed by atoms with Gasteiger partial charge < -0.3 is 5.32 Å². The molecular weight excluding hydrogens is 306 g/mol. The maximum Gasteiger partial charge on any atom is 0.262 e. The Hall–Kier alpha value is -2.42. The Morgan fingerprint density at radius 1 is 1.43 bits per heavy atom. The van der Waals surface area contributed by atoms with Crippen molar-refractivity contribution < 1.29 is 13.6 Å². The number of hydrogen-bond donors (Lipinski definition) is 2. The molecule has 122 valence electrons. The number of alkyl halides is 2. The molecule has 9 heteroatoms. The zero-order valence-electron chi connectivity index (χ0n) is 12.4. The largest absolute Gasteiger partial charge is 0.345 e. The molecule has 1 saturated heterocycles. The molecule has 0 bridgehead atoms. The number of nitrogens with one attached hydrogen (secondary N) is 2. The van der Waals surface area contributed by atoms with Gasteiger partial charge in [-0.3, -0.25) is 10.1 Å². The molecule has 1 aliphatic heterocycles. The summed E-state index contributed by atoms with van der Waals surface area (Å²) in [5, 5.41) is 16.6. The summed E-state index contributed by atoms with van der Waals surface area (Å²) in [5.74, 6) is -2.91. The molecular formula is C14H16F2N6O. The lowest BCUT2D eigenvalue weighted by Gasteiger charge is -2.16. The molecule has 1 fully saturated rings. The van der Waals surface area contributed by atoms with E-state index < -0.39 is 36.9 Å². The highest BCUT2D eigenvalue weighted by Crippen LogP contribution is 2.25. The van der Waals surface area contributed by atoms with Gasteiger partial charge in [0.05, 0.1) is 24.3 Å². The van der Waals surface area contributed by atoms with Crippen molar-refractivity contribution in [2.45, 2.75) is 31.4 Å². The van der Waals surface area contributed by atoms with Gasteiger partial charge in [0.15, 0.2) is 5.82 Å². The van der Waals surface area contributed by atoms with Crippen LogP contribution in [-0.4, -0.2) is 44.6 Å². The van der Waals surface area contributed by atoms with Crippen molar-refractivity contribution in [2.24, 2.45) is 0 Å². The third-order valence-electron chi connectivity index (χ3n) is 3.67. The summed E-state index contributed by atoms with van der Waals surface area (Å²) in [5.41, 5.74) is 0.749. The molecule has 1 amide bonds. The van der Waals surface area contributed by atoms with Crippen molar-refractivity contribution in [1.82, 2.24) is 30.8 Å². The molecule has 2 atom stereocenters. The van der Waals surface area contributed by atoms with Gasteiger partial charge in [-0.15, -0.1) is 5.10 Å². The lowest BCUT2D eigenvalue weighted by molar-refractivity contribution is -0.124. The van der Waals surface area contributed by atoms with Gasteiger partial charge in [-0.05, 0) is 29.5 Å². The average Bonchev–Trinajstić information content (AvgIpc) is 3.14. The molecule has 0 radical (unpaired) electrons. The Morgan fingerprint density at radius 2 is 2.17 bits per heavy atom. The number of nitrogens with zero attached hydrogens (tertiary/aromatic N) is 4. The predicted molar refractivity (Wildman–Crippen MR) is 77.1 cm³/mol. The standard InChI is InChI=1S/C14H16F2N6O/c1-9(18-13(23)11-7-14(15,16)8-17-11)12-19-20-21-22(12)10-5-3-2-4-6-10/h2-6,9,11,17H,7-8H2,1H3,(H,18,23). The van der Waals surface area contributed by atoms with E-state index >= 15 is 0 Å². The second-order valence-corrected chi connectivity index (χ2v) is 5.51. The molecule has 2 N–H and O–H groups in total. The first kappa shape index (κ1) is 15.5. The number of aromatic nitrogens is 4. The summed E-state index contributed by atoms with van der Waals surface area (Å²) in [6, 6.07) is 7.77. The third kappa shape index (κ3) is 3.34. The number of hydrogen-bond acceptors (Lipinski definition) is 5. The first-order valence-corrected chi connectivity index (χ1v) is 7.21. The van der Waals surface area contributed by atoms with Gasteiger partial charge in [-0.2, -0.15) is 4.68 Å². The minimum atomic E-state index is -2.85. The third-order valence-corrected chi connectivity index (χ3v) is 3.67. The van der Waals surface area contributed by atoms with Crippen LogP contribution in [0.4, 0.5) is 8.78 Å². The Labute approximate surface area is 131 Å². The average molecular weight is 322 g/mol. The zero-order chi connectivity index (χ0) is 16.4. The highest BCUT2D eigenvalue weighted by Gasteiger charge is 2.42. The fourth-order valence-electron chi connectivity index (χ4n) is 2.50. The lowest BCUT2D eigenvalue weighted by atomic mass is 10.1. The predicted octanol–water partition coefficient (Wildman–Crippen LogP) is 0.837. The lowest BCUT2D eigenvalue weighted by Crippen LogP contribution is -2.42. The van der Waals surface area contributed by atoms with E-state index in [2.05, 4.69) is 26.2 Å². The molecule has 2 aromatic rings. The summed E-state index contributed by atoms with van der Waals surface area (Å²) in [7, 11) is 0. The molecule has 3 rings (SSSR count). The molecule has 1 aliphatic rings. The van der Waals surface area contributed by atoms with Crippen molar-refractivity contribution in [1.29, 1.82) is 0 Å². The minimum Gasteiger partial charge on any atom is -0.345 e. The van der Waals surface area contributed by atoms with E-state index in [-0.39, 0.29) is 0 Å². The van der Waals surface area contributed by atoms with Crippen LogP contribution in [0.3, 0.4) is 0 Å². The van der Waals surface area contributed by atoms with Gasteiger partial charge in [-0.1, -0.05) is 18.2 Å². The van der Waals surface area contributed by atoms with E-state index in [4.69, 9.17) is 0 Å². The van der Waals surface area contributed by atoms with Crippen molar-refractivity contribution >= 4 is 5.91 Å². The van der Waals surface area contributed by atoms with Crippen molar-refractivity contribution in [2.75, 3.05) is 6.54 Å². The number of amides is 1. The van der Waals surface area contributed by atoms with Gasteiger partial charge >= 0.3 is 0 Å². The van der Waals surface area contributed by atoms with Crippen LogP contribution in [0.15, 0.2) is 30.3 Å². The van der Waals surface area contributed by atoms with Crippen LogP contribution in [0.5, 0.6) is 0 Å². The second-order valence-electron chi connectivity index (χ2n) is 5.51. The van der Waals surface area contributed by atoms with Gasteiger partial charge in [0, 0.05) is 6.42 Å². The number of carbonyl (C=O) groups is 1. The molecule has 0 spiro atoms. The SMILES string of the molecule is CC(NC(=O)C1CC(F)(F)CN1)c1nnnn1-c1ccccc1. The normalized spacial score (nSPS) is 21.1. The quantitative estimate of drug-likeness (QED) is 0.871.